The lowest BCUT2D eigenvalue weighted by atomic mass is 10.0. The molecule has 1 saturated heterocycles. The lowest BCUT2D eigenvalue weighted by Crippen LogP contribution is -2.37. The molecule has 0 spiro atoms. The summed E-state index contributed by atoms with van der Waals surface area (Å²) in [4.78, 5) is 12.3. The van der Waals surface area contributed by atoms with Crippen molar-refractivity contribution in [2.45, 2.75) is 31.7 Å². The first-order valence-corrected chi connectivity index (χ1v) is 7.98. The molecule has 0 radical (unpaired) electrons. The highest BCUT2D eigenvalue weighted by molar-refractivity contribution is 6.03. The van der Waals surface area contributed by atoms with Crippen LogP contribution < -0.4 is 10.6 Å². The zero-order valence-electron chi connectivity index (χ0n) is 12.6. The molecule has 0 bridgehead atoms. The molecule has 116 valence electrons. The van der Waals surface area contributed by atoms with Crippen LogP contribution in [0, 0.1) is 0 Å². The van der Waals surface area contributed by atoms with Crippen LogP contribution >= 0.6 is 0 Å². The van der Waals surface area contributed by atoms with Crippen molar-refractivity contribution >= 4 is 16.7 Å². The summed E-state index contributed by atoms with van der Waals surface area (Å²) in [5.41, 5.74) is 0.343. The lowest BCUT2D eigenvalue weighted by molar-refractivity contribution is 0.0949. The zero-order chi connectivity index (χ0) is 15.4. The number of rotatable bonds is 4. The molecule has 1 aliphatic rings. The molecule has 3 N–H and O–H groups in total. The fourth-order valence-electron chi connectivity index (χ4n) is 3.06. The van der Waals surface area contributed by atoms with Gasteiger partial charge in [0.25, 0.3) is 5.91 Å². The van der Waals surface area contributed by atoms with Crippen LogP contribution in [0.25, 0.3) is 10.8 Å². The van der Waals surface area contributed by atoms with Crippen molar-refractivity contribution in [3.05, 3.63) is 42.0 Å². The van der Waals surface area contributed by atoms with Gasteiger partial charge in [-0.2, -0.15) is 0 Å². The van der Waals surface area contributed by atoms with Gasteiger partial charge in [-0.25, -0.2) is 0 Å². The van der Waals surface area contributed by atoms with Crippen molar-refractivity contribution in [2.24, 2.45) is 0 Å². The second-order valence-electron chi connectivity index (χ2n) is 5.87. The number of nitrogens with one attached hydrogen (secondary N) is 2. The molecule has 1 atom stereocenters. The van der Waals surface area contributed by atoms with Gasteiger partial charge in [-0.05, 0) is 37.3 Å². The Morgan fingerprint density at radius 3 is 2.91 bits per heavy atom. The quantitative estimate of drug-likeness (QED) is 0.813. The van der Waals surface area contributed by atoms with Crippen molar-refractivity contribution in [3.63, 3.8) is 0 Å². The minimum Gasteiger partial charge on any atom is -0.506 e. The minimum atomic E-state index is -0.209. The van der Waals surface area contributed by atoms with Crippen LogP contribution in [-0.2, 0) is 0 Å². The summed E-state index contributed by atoms with van der Waals surface area (Å²) in [5.74, 6) is -0.148. The first kappa shape index (κ1) is 14.9. The number of hydrogen-bond donors (Lipinski definition) is 3. The molecule has 0 aliphatic carbocycles. The Kier molecular flexibility index (Phi) is 4.59. The number of phenols is 1. The molecule has 22 heavy (non-hydrogen) atoms. The average Bonchev–Trinajstić information content (AvgIpc) is 2.56. The van der Waals surface area contributed by atoms with E-state index in [1.807, 2.05) is 30.3 Å². The Labute approximate surface area is 130 Å². The van der Waals surface area contributed by atoms with E-state index in [0.717, 1.165) is 18.4 Å². The number of carbonyl (C=O) groups excluding carboxylic acids is 1. The van der Waals surface area contributed by atoms with Crippen molar-refractivity contribution in [1.29, 1.82) is 0 Å². The van der Waals surface area contributed by atoms with Crippen LogP contribution in [0.15, 0.2) is 36.4 Å². The van der Waals surface area contributed by atoms with Gasteiger partial charge in [0.1, 0.15) is 5.75 Å². The Bertz CT molecular complexity index is 663. The third-order valence-corrected chi connectivity index (χ3v) is 4.34. The van der Waals surface area contributed by atoms with E-state index in [0.29, 0.717) is 23.5 Å². The number of fused-ring (bicyclic) bond motifs is 1. The maximum absolute atomic E-state index is 12.3. The van der Waals surface area contributed by atoms with E-state index in [-0.39, 0.29) is 11.7 Å². The van der Waals surface area contributed by atoms with Gasteiger partial charge < -0.3 is 15.7 Å². The molecule has 4 nitrogen and oxygen atoms in total. The molecule has 1 unspecified atom stereocenters. The van der Waals surface area contributed by atoms with Gasteiger partial charge in [0, 0.05) is 18.0 Å². The van der Waals surface area contributed by atoms with Crippen LogP contribution in [0.5, 0.6) is 5.75 Å². The van der Waals surface area contributed by atoms with Crippen LogP contribution in [0.4, 0.5) is 0 Å². The Morgan fingerprint density at radius 2 is 2.09 bits per heavy atom. The maximum Gasteiger partial charge on any atom is 0.255 e. The Balaban J connectivity index is 1.63. The fourth-order valence-corrected chi connectivity index (χ4v) is 3.06. The number of carbonyl (C=O) groups is 1. The fraction of sp³-hybridized carbons (Fsp3) is 0.389. The van der Waals surface area contributed by atoms with E-state index in [1.165, 1.54) is 19.3 Å². The molecule has 1 heterocycles. The van der Waals surface area contributed by atoms with E-state index in [4.69, 9.17) is 0 Å². The minimum absolute atomic E-state index is 0.0615. The highest BCUT2D eigenvalue weighted by Gasteiger charge is 2.15. The highest BCUT2D eigenvalue weighted by Crippen LogP contribution is 2.28. The molecule has 0 aromatic heterocycles. The van der Waals surface area contributed by atoms with Crippen molar-refractivity contribution < 1.29 is 9.90 Å². The van der Waals surface area contributed by atoms with Crippen LogP contribution in [0.1, 0.15) is 36.0 Å². The monoisotopic (exact) mass is 298 g/mol. The van der Waals surface area contributed by atoms with Crippen molar-refractivity contribution in [3.8, 4) is 5.75 Å². The first-order valence-electron chi connectivity index (χ1n) is 7.98. The van der Waals surface area contributed by atoms with E-state index in [2.05, 4.69) is 10.6 Å². The molecule has 0 saturated carbocycles. The molecule has 2 aromatic rings. The second-order valence-corrected chi connectivity index (χ2v) is 5.87. The number of amides is 1. The molecular formula is C18H22N2O2. The summed E-state index contributed by atoms with van der Waals surface area (Å²) < 4.78 is 0. The summed E-state index contributed by atoms with van der Waals surface area (Å²) in [6.45, 7) is 1.70. The molecular weight excluding hydrogens is 276 g/mol. The summed E-state index contributed by atoms with van der Waals surface area (Å²) in [6, 6.07) is 11.6. The number of piperidine rings is 1. The normalized spacial score (nSPS) is 18.3. The highest BCUT2D eigenvalue weighted by atomic mass is 16.3. The maximum atomic E-state index is 12.3. The number of hydrogen-bond acceptors (Lipinski definition) is 3. The van der Waals surface area contributed by atoms with E-state index >= 15 is 0 Å². The van der Waals surface area contributed by atoms with E-state index < -0.39 is 0 Å². The second kappa shape index (κ2) is 6.79. The first-order chi connectivity index (χ1) is 10.8. The van der Waals surface area contributed by atoms with E-state index in [1.54, 1.807) is 6.07 Å². The van der Waals surface area contributed by atoms with Gasteiger partial charge in [0.15, 0.2) is 0 Å². The van der Waals surface area contributed by atoms with Gasteiger partial charge in [-0.15, -0.1) is 0 Å². The molecule has 2 aromatic carbocycles. The molecule has 1 amide bonds. The van der Waals surface area contributed by atoms with Crippen LogP contribution in [0.3, 0.4) is 0 Å². The largest absolute Gasteiger partial charge is 0.506 e. The molecule has 1 fully saturated rings. The summed E-state index contributed by atoms with van der Waals surface area (Å²) in [7, 11) is 0. The third-order valence-electron chi connectivity index (χ3n) is 4.34. The van der Waals surface area contributed by atoms with Crippen molar-refractivity contribution in [1.82, 2.24) is 10.6 Å². The van der Waals surface area contributed by atoms with Crippen molar-refractivity contribution in [2.75, 3.05) is 13.1 Å². The van der Waals surface area contributed by atoms with Crippen LogP contribution in [-0.4, -0.2) is 30.1 Å². The summed E-state index contributed by atoms with van der Waals surface area (Å²) in [5, 5.41) is 18.3. The topological polar surface area (TPSA) is 61.4 Å². The number of aromatic hydroxyl groups is 1. The smallest absolute Gasteiger partial charge is 0.255 e. The predicted octanol–water partition coefficient (Wildman–Crippen LogP) is 2.81. The van der Waals surface area contributed by atoms with Gasteiger partial charge in [0.2, 0.25) is 0 Å². The van der Waals surface area contributed by atoms with Crippen LogP contribution in [0.2, 0.25) is 0 Å². The molecule has 1 aliphatic heterocycles. The summed E-state index contributed by atoms with van der Waals surface area (Å²) >= 11 is 0. The standard InChI is InChI=1S/C18H22N2O2/c21-17-15-7-2-1-5-13(15)8-9-16(17)18(22)20-12-10-14-6-3-4-11-19-14/h1-2,5,7-9,14,19,21H,3-4,6,10-12H2,(H,20,22). The van der Waals surface area contributed by atoms with Gasteiger partial charge in [-0.1, -0.05) is 36.8 Å². The summed E-state index contributed by atoms with van der Waals surface area (Å²) in [6.07, 6.45) is 4.61. The number of phenolic OH excluding ortho intramolecular Hbond substituents is 1. The zero-order valence-corrected chi connectivity index (χ0v) is 12.6. The SMILES string of the molecule is O=C(NCCC1CCCCN1)c1ccc2ccccc2c1O. The van der Waals surface area contributed by atoms with Gasteiger partial charge in [0.05, 0.1) is 5.56 Å². The predicted molar refractivity (Wildman–Crippen MR) is 88.2 cm³/mol. The molecule has 3 rings (SSSR count). The van der Waals surface area contributed by atoms with Gasteiger partial charge in [-0.3, -0.25) is 4.79 Å². The van der Waals surface area contributed by atoms with Gasteiger partial charge >= 0.3 is 0 Å². The molecule has 4 heteroatoms. The Hall–Kier alpha value is -2.07. The average molecular weight is 298 g/mol. The number of benzene rings is 2. The lowest BCUT2D eigenvalue weighted by Gasteiger charge is -2.23. The Morgan fingerprint density at radius 1 is 1.23 bits per heavy atom. The third kappa shape index (κ3) is 3.22. The van der Waals surface area contributed by atoms with E-state index in [9.17, 15) is 9.90 Å².